The van der Waals surface area contributed by atoms with Gasteiger partial charge in [0.25, 0.3) is 0 Å². The number of hydrogen-bond acceptors (Lipinski definition) is 3. The summed E-state index contributed by atoms with van der Waals surface area (Å²) in [5, 5.41) is 3.65. The molecule has 1 saturated heterocycles. The van der Waals surface area contributed by atoms with Gasteiger partial charge in [0.1, 0.15) is 11.6 Å². The maximum atomic E-state index is 13.8. The van der Waals surface area contributed by atoms with Gasteiger partial charge in [-0.05, 0) is 41.5 Å². The highest BCUT2D eigenvalue weighted by Gasteiger charge is 2.31. The molecule has 0 saturated carbocycles. The van der Waals surface area contributed by atoms with Gasteiger partial charge in [-0.25, -0.2) is 4.39 Å². The van der Waals surface area contributed by atoms with E-state index in [1.165, 1.54) is 30.3 Å². The smallest absolute Gasteiger partial charge is 0.406 e. The van der Waals surface area contributed by atoms with Crippen LogP contribution in [0.15, 0.2) is 42.5 Å². The fourth-order valence-electron chi connectivity index (χ4n) is 3.10. The summed E-state index contributed by atoms with van der Waals surface area (Å²) >= 11 is 6.30. The van der Waals surface area contributed by atoms with Gasteiger partial charge in [-0.3, -0.25) is 4.90 Å². The maximum Gasteiger partial charge on any atom is 0.573 e. The standard InChI is InChI=1S/C18H17ClF4N2O.2ClH/c19-16-6-3-13(20)11-15(16)17(25-9-7-24-8-10-25)12-1-4-14(5-2-12)26-18(21,22)23;;/h1-6,11,17,24H,7-10H2;2*1H/t17-;;/m0../s1. The molecule has 0 aliphatic carbocycles. The number of alkyl halides is 3. The van der Waals surface area contributed by atoms with Crippen molar-refractivity contribution >= 4 is 36.4 Å². The van der Waals surface area contributed by atoms with E-state index in [1.807, 2.05) is 0 Å². The third kappa shape index (κ3) is 6.39. The fraction of sp³-hybridized carbons (Fsp3) is 0.333. The zero-order valence-electron chi connectivity index (χ0n) is 14.5. The topological polar surface area (TPSA) is 24.5 Å². The summed E-state index contributed by atoms with van der Waals surface area (Å²) in [5.74, 6) is -0.716. The van der Waals surface area contributed by atoms with Gasteiger partial charge in [0.05, 0.1) is 6.04 Å². The van der Waals surface area contributed by atoms with E-state index in [4.69, 9.17) is 11.6 Å². The Bertz CT molecular complexity index is 753. The number of ether oxygens (including phenoxy) is 1. The highest BCUT2D eigenvalue weighted by molar-refractivity contribution is 6.31. The lowest BCUT2D eigenvalue weighted by atomic mass is 9.96. The highest BCUT2D eigenvalue weighted by Crippen LogP contribution is 2.35. The van der Waals surface area contributed by atoms with Gasteiger partial charge in [-0.1, -0.05) is 23.7 Å². The first-order valence-electron chi connectivity index (χ1n) is 8.09. The molecule has 2 aromatic rings. The first-order chi connectivity index (χ1) is 12.3. The van der Waals surface area contributed by atoms with E-state index in [9.17, 15) is 17.6 Å². The van der Waals surface area contributed by atoms with E-state index in [2.05, 4.69) is 15.0 Å². The van der Waals surface area contributed by atoms with Gasteiger partial charge in [0.2, 0.25) is 0 Å². The van der Waals surface area contributed by atoms with Crippen molar-refractivity contribution in [2.24, 2.45) is 0 Å². The maximum absolute atomic E-state index is 13.8. The minimum absolute atomic E-state index is 0. The Morgan fingerprint density at radius 1 is 1.00 bits per heavy atom. The summed E-state index contributed by atoms with van der Waals surface area (Å²) in [6, 6.07) is 9.39. The lowest BCUT2D eigenvalue weighted by molar-refractivity contribution is -0.274. The third-order valence-electron chi connectivity index (χ3n) is 4.20. The van der Waals surface area contributed by atoms with Crippen LogP contribution in [0.5, 0.6) is 5.75 Å². The van der Waals surface area contributed by atoms with Gasteiger partial charge in [0.15, 0.2) is 0 Å². The minimum Gasteiger partial charge on any atom is -0.406 e. The summed E-state index contributed by atoms with van der Waals surface area (Å²) in [5.41, 5.74) is 1.30. The van der Waals surface area contributed by atoms with Crippen LogP contribution in [0.1, 0.15) is 17.2 Å². The Hall–Kier alpha value is -1.25. The molecule has 0 radical (unpaired) electrons. The molecule has 10 heteroatoms. The first kappa shape index (κ1) is 24.8. The first-order valence-corrected chi connectivity index (χ1v) is 8.47. The molecule has 1 aliphatic rings. The summed E-state index contributed by atoms with van der Waals surface area (Å²) < 4.78 is 54.8. The van der Waals surface area contributed by atoms with Crippen molar-refractivity contribution in [3.63, 3.8) is 0 Å². The fourth-order valence-corrected chi connectivity index (χ4v) is 3.32. The molecule has 0 aromatic heterocycles. The monoisotopic (exact) mass is 460 g/mol. The van der Waals surface area contributed by atoms with Crippen molar-refractivity contribution in [1.29, 1.82) is 0 Å². The van der Waals surface area contributed by atoms with Gasteiger partial charge >= 0.3 is 6.36 Å². The summed E-state index contributed by atoms with van der Waals surface area (Å²) in [6.07, 6.45) is -4.74. The Labute approximate surface area is 177 Å². The molecule has 0 amide bonds. The molecular weight excluding hydrogens is 443 g/mol. The Morgan fingerprint density at radius 3 is 2.18 bits per heavy atom. The average Bonchev–Trinajstić information content (AvgIpc) is 2.59. The van der Waals surface area contributed by atoms with Crippen LogP contribution in [0.3, 0.4) is 0 Å². The van der Waals surface area contributed by atoms with Crippen LogP contribution in [0.4, 0.5) is 17.6 Å². The Balaban J connectivity index is 0.00000196. The van der Waals surface area contributed by atoms with E-state index in [0.717, 1.165) is 13.1 Å². The molecule has 156 valence electrons. The third-order valence-corrected chi connectivity index (χ3v) is 4.54. The van der Waals surface area contributed by atoms with Crippen molar-refractivity contribution in [1.82, 2.24) is 10.2 Å². The molecule has 1 fully saturated rings. The number of hydrogen-bond donors (Lipinski definition) is 1. The largest absolute Gasteiger partial charge is 0.573 e. The predicted molar refractivity (Wildman–Crippen MR) is 105 cm³/mol. The van der Waals surface area contributed by atoms with Crippen molar-refractivity contribution < 1.29 is 22.3 Å². The summed E-state index contributed by atoms with van der Waals surface area (Å²) in [7, 11) is 0. The average molecular weight is 462 g/mol. The molecule has 3 rings (SSSR count). The molecule has 3 nitrogen and oxygen atoms in total. The van der Waals surface area contributed by atoms with E-state index < -0.39 is 12.2 Å². The molecule has 0 spiro atoms. The lowest BCUT2D eigenvalue weighted by Crippen LogP contribution is -2.45. The van der Waals surface area contributed by atoms with Crippen molar-refractivity contribution in [2.45, 2.75) is 12.4 Å². The van der Waals surface area contributed by atoms with E-state index in [1.54, 1.807) is 12.1 Å². The second kappa shape index (κ2) is 10.5. The molecule has 28 heavy (non-hydrogen) atoms. The number of nitrogens with zero attached hydrogens (tertiary/aromatic N) is 1. The number of piperazine rings is 1. The Morgan fingerprint density at radius 2 is 1.61 bits per heavy atom. The van der Waals surface area contributed by atoms with Crippen LogP contribution in [-0.2, 0) is 0 Å². The molecule has 0 unspecified atom stereocenters. The zero-order chi connectivity index (χ0) is 18.7. The second-order valence-corrected chi connectivity index (χ2v) is 6.38. The molecule has 0 bridgehead atoms. The number of benzene rings is 2. The predicted octanol–water partition coefficient (Wildman–Crippen LogP) is 5.22. The second-order valence-electron chi connectivity index (χ2n) is 5.97. The van der Waals surface area contributed by atoms with Crippen LogP contribution in [0.2, 0.25) is 5.02 Å². The van der Waals surface area contributed by atoms with Crippen molar-refractivity contribution in [2.75, 3.05) is 26.2 Å². The highest BCUT2D eigenvalue weighted by atomic mass is 35.5. The number of nitrogens with one attached hydrogen (secondary N) is 1. The summed E-state index contributed by atoms with van der Waals surface area (Å²) in [4.78, 5) is 2.12. The number of halogens is 7. The van der Waals surface area contributed by atoms with Crippen LogP contribution in [0.25, 0.3) is 0 Å². The molecule has 1 aliphatic heterocycles. The van der Waals surface area contributed by atoms with Crippen LogP contribution in [-0.4, -0.2) is 37.4 Å². The van der Waals surface area contributed by atoms with Crippen LogP contribution < -0.4 is 10.1 Å². The van der Waals surface area contributed by atoms with Gasteiger partial charge < -0.3 is 10.1 Å². The molecule has 1 N–H and O–H groups in total. The molecule has 2 aromatic carbocycles. The quantitative estimate of drug-likeness (QED) is 0.632. The number of rotatable bonds is 4. The van der Waals surface area contributed by atoms with Crippen LogP contribution in [0, 0.1) is 5.82 Å². The SMILES string of the molecule is Cl.Cl.Fc1ccc(Cl)c([C@H](c2ccc(OC(F)(F)F)cc2)N2CCNCC2)c1. The molecule has 1 atom stereocenters. The van der Waals surface area contributed by atoms with Crippen molar-refractivity contribution in [3.8, 4) is 5.75 Å². The normalized spacial score (nSPS) is 15.9. The van der Waals surface area contributed by atoms with Crippen LogP contribution >= 0.6 is 36.4 Å². The summed E-state index contributed by atoms with van der Waals surface area (Å²) in [6.45, 7) is 2.94. The minimum atomic E-state index is -4.74. The Kier molecular flexibility index (Phi) is 9.30. The van der Waals surface area contributed by atoms with Gasteiger partial charge in [-0.15, -0.1) is 38.0 Å². The molecule has 1 heterocycles. The molecular formula is C18H19Cl3F4N2O. The van der Waals surface area contributed by atoms with E-state index in [0.29, 0.717) is 29.2 Å². The van der Waals surface area contributed by atoms with E-state index in [-0.39, 0.29) is 36.6 Å². The van der Waals surface area contributed by atoms with Gasteiger partial charge in [0, 0.05) is 31.2 Å². The lowest BCUT2D eigenvalue weighted by Gasteiger charge is -2.36. The zero-order valence-corrected chi connectivity index (χ0v) is 16.9. The van der Waals surface area contributed by atoms with E-state index >= 15 is 0 Å². The van der Waals surface area contributed by atoms with Crippen molar-refractivity contribution in [3.05, 3.63) is 64.4 Å². The van der Waals surface area contributed by atoms with Gasteiger partial charge in [-0.2, -0.15) is 0 Å².